The maximum absolute atomic E-state index is 14.2. The van der Waals surface area contributed by atoms with Crippen molar-refractivity contribution in [2.75, 3.05) is 0 Å². The van der Waals surface area contributed by atoms with Gasteiger partial charge in [-0.15, -0.1) is 11.3 Å². The van der Waals surface area contributed by atoms with Crippen molar-refractivity contribution in [2.24, 2.45) is 11.8 Å². The Morgan fingerprint density at radius 3 is 2.41 bits per heavy atom. The van der Waals surface area contributed by atoms with Crippen LogP contribution < -0.4 is 0 Å². The Morgan fingerprint density at radius 1 is 1.05 bits per heavy atom. The Labute approximate surface area is 225 Å². The zero-order chi connectivity index (χ0) is 26.2. The molecule has 2 fully saturated rings. The van der Waals surface area contributed by atoms with Crippen LogP contribution in [-0.4, -0.2) is 39.2 Å². The highest BCUT2D eigenvalue weighted by Crippen LogP contribution is 2.53. The van der Waals surface area contributed by atoms with E-state index in [0.717, 1.165) is 29.7 Å². The molecule has 1 aliphatic carbocycles. The molecule has 190 valence electrons. The molecule has 1 saturated carbocycles. The average Bonchev–Trinajstić information content (AvgIpc) is 3.46. The Bertz CT molecular complexity index is 1330. The molecule has 3 aromatic rings. The van der Waals surface area contributed by atoms with Gasteiger partial charge in [0.05, 0.1) is 12.0 Å². The number of thiophene rings is 1. The van der Waals surface area contributed by atoms with Gasteiger partial charge in [0.1, 0.15) is 5.54 Å². The van der Waals surface area contributed by atoms with E-state index in [-0.39, 0.29) is 17.6 Å². The molecule has 2 aromatic carbocycles. The summed E-state index contributed by atoms with van der Waals surface area (Å²) in [5.74, 6) is -3.29. The van der Waals surface area contributed by atoms with E-state index in [2.05, 4.69) is 0 Å². The van der Waals surface area contributed by atoms with E-state index >= 15 is 0 Å². The number of hydrogen-bond acceptors (Lipinski definition) is 4. The van der Waals surface area contributed by atoms with Crippen LogP contribution in [0.5, 0.6) is 0 Å². The number of halogens is 1. The fraction of sp³-hybridized carbons (Fsp3) is 0.300. The number of carboxylic acid groups (broad SMARTS) is 1. The largest absolute Gasteiger partial charge is 0.479 e. The molecule has 1 amide bonds. The maximum Gasteiger partial charge on any atom is 0.330 e. The van der Waals surface area contributed by atoms with Gasteiger partial charge in [0, 0.05) is 27.3 Å². The van der Waals surface area contributed by atoms with Gasteiger partial charge in [0.25, 0.3) is 0 Å². The lowest BCUT2D eigenvalue weighted by Crippen LogP contribution is -2.57. The first kappa shape index (κ1) is 25.4. The van der Waals surface area contributed by atoms with E-state index < -0.39 is 29.4 Å². The van der Waals surface area contributed by atoms with Crippen LogP contribution in [0.3, 0.4) is 0 Å². The van der Waals surface area contributed by atoms with Crippen LogP contribution >= 0.6 is 22.9 Å². The molecule has 5 rings (SSSR count). The lowest BCUT2D eigenvalue weighted by molar-refractivity contribution is -0.160. The number of amides is 1. The standard InChI is InChI=1S/C30H28ClNO4S/c1-30(29(35)36)26(24-14-7-17-37-24)25(27(33)21-12-6-13-22(31)18-21)23(16-15-19-8-3-2-4-9-19)32(30)28(34)20-10-5-11-20/h2-4,6-9,12-18,20,23,25-26H,5,10-11H2,1H3,(H,35,36). The Kier molecular flexibility index (Phi) is 7.06. The predicted molar refractivity (Wildman–Crippen MR) is 146 cm³/mol. The molecule has 1 N–H and O–H groups in total. The van der Waals surface area contributed by atoms with Gasteiger partial charge in [-0.1, -0.05) is 78.7 Å². The van der Waals surface area contributed by atoms with Gasteiger partial charge in [-0.05, 0) is 48.9 Å². The summed E-state index contributed by atoms with van der Waals surface area (Å²) >= 11 is 7.65. The highest BCUT2D eigenvalue weighted by molar-refractivity contribution is 7.10. The second kappa shape index (κ2) is 10.3. The summed E-state index contributed by atoms with van der Waals surface area (Å²) in [4.78, 5) is 43.6. The molecular weight excluding hydrogens is 506 g/mol. The molecule has 37 heavy (non-hydrogen) atoms. The zero-order valence-corrected chi connectivity index (χ0v) is 22.0. The first-order chi connectivity index (χ1) is 17.8. The highest BCUT2D eigenvalue weighted by Gasteiger charge is 2.64. The molecule has 4 unspecified atom stereocenters. The van der Waals surface area contributed by atoms with E-state index in [9.17, 15) is 19.5 Å². The third-order valence-electron chi connectivity index (χ3n) is 7.80. The minimum atomic E-state index is -1.61. The number of rotatable bonds is 7. The van der Waals surface area contributed by atoms with Crippen molar-refractivity contribution < 1.29 is 19.5 Å². The number of hydrogen-bond donors (Lipinski definition) is 1. The van der Waals surface area contributed by atoms with Crippen LogP contribution in [0.1, 0.15) is 52.9 Å². The number of carbonyl (C=O) groups is 3. The number of nitrogens with zero attached hydrogens (tertiary/aromatic N) is 1. The van der Waals surface area contributed by atoms with E-state index in [4.69, 9.17) is 11.6 Å². The molecule has 2 aliphatic rings. The summed E-state index contributed by atoms with van der Waals surface area (Å²) in [6, 6.07) is 19.3. The molecule has 7 heteroatoms. The molecule has 0 spiro atoms. The lowest BCUT2D eigenvalue weighted by Gasteiger charge is -2.40. The molecule has 5 nitrogen and oxygen atoms in total. The van der Waals surface area contributed by atoms with E-state index in [0.29, 0.717) is 10.6 Å². The van der Waals surface area contributed by atoms with Crippen molar-refractivity contribution in [1.29, 1.82) is 0 Å². The maximum atomic E-state index is 14.2. The van der Waals surface area contributed by atoms with Crippen molar-refractivity contribution in [3.63, 3.8) is 0 Å². The lowest BCUT2D eigenvalue weighted by atomic mass is 9.75. The van der Waals surface area contributed by atoms with Crippen LogP contribution in [-0.2, 0) is 9.59 Å². The van der Waals surface area contributed by atoms with Gasteiger partial charge < -0.3 is 10.0 Å². The molecular formula is C30H28ClNO4S. The van der Waals surface area contributed by atoms with Crippen molar-refractivity contribution in [2.45, 2.75) is 43.7 Å². The van der Waals surface area contributed by atoms with Crippen LogP contribution in [0.25, 0.3) is 6.08 Å². The molecule has 2 heterocycles. The Hall–Kier alpha value is -3.22. The fourth-order valence-electron chi connectivity index (χ4n) is 5.67. The monoisotopic (exact) mass is 533 g/mol. The molecule has 1 saturated heterocycles. The van der Waals surface area contributed by atoms with E-state index in [1.165, 1.54) is 16.2 Å². The van der Waals surface area contributed by atoms with Crippen LogP contribution in [0.2, 0.25) is 5.02 Å². The van der Waals surface area contributed by atoms with Crippen LogP contribution in [0.4, 0.5) is 0 Å². The summed E-state index contributed by atoms with van der Waals surface area (Å²) in [6.45, 7) is 1.60. The smallest absolute Gasteiger partial charge is 0.330 e. The summed E-state index contributed by atoms with van der Waals surface area (Å²) < 4.78 is 0. The number of aliphatic carboxylic acids is 1. The first-order valence-electron chi connectivity index (χ1n) is 12.5. The Balaban J connectivity index is 1.71. The van der Waals surface area contributed by atoms with Crippen molar-refractivity contribution in [3.8, 4) is 0 Å². The van der Waals surface area contributed by atoms with Gasteiger partial charge in [-0.3, -0.25) is 9.59 Å². The van der Waals surface area contributed by atoms with Gasteiger partial charge in [0.15, 0.2) is 5.78 Å². The third kappa shape index (κ3) is 4.53. The summed E-state index contributed by atoms with van der Waals surface area (Å²) in [7, 11) is 0. The Morgan fingerprint density at radius 2 is 1.81 bits per heavy atom. The van der Waals surface area contributed by atoms with E-state index in [1.807, 2.05) is 60.0 Å². The summed E-state index contributed by atoms with van der Waals surface area (Å²) in [5.41, 5.74) is -0.297. The van der Waals surface area contributed by atoms with Crippen LogP contribution in [0.15, 0.2) is 78.2 Å². The van der Waals surface area contributed by atoms with E-state index in [1.54, 1.807) is 31.2 Å². The van der Waals surface area contributed by atoms with Crippen molar-refractivity contribution in [1.82, 2.24) is 4.90 Å². The highest BCUT2D eigenvalue weighted by atomic mass is 35.5. The van der Waals surface area contributed by atoms with Crippen molar-refractivity contribution >= 4 is 46.7 Å². The molecule has 0 bridgehead atoms. The van der Waals surface area contributed by atoms with Gasteiger partial charge in [0.2, 0.25) is 5.91 Å². The number of carboxylic acids is 1. The summed E-state index contributed by atoms with van der Waals surface area (Å²) in [6.07, 6.45) is 6.13. The molecule has 1 aromatic heterocycles. The SMILES string of the molecule is CC1(C(=O)O)C(c2cccs2)C(C(=O)c2cccc(Cl)c2)C(C=Cc2ccccc2)N1C(=O)C1CCC1. The second-order valence-corrected chi connectivity index (χ2v) is 11.4. The number of Topliss-reactive ketones (excluding diaryl/α,β-unsaturated/α-hetero) is 1. The van der Waals surface area contributed by atoms with Gasteiger partial charge in [-0.25, -0.2) is 4.79 Å². The first-order valence-corrected chi connectivity index (χ1v) is 13.7. The molecule has 4 atom stereocenters. The zero-order valence-electron chi connectivity index (χ0n) is 20.4. The number of benzene rings is 2. The minimum absolute atomic E-state index is 0.193. The molecule has 1 aliphatic heterocycles. The normalized spacial score (nSPS) is 25.8. The number of likely N-dealkylation sites (tertiary alicyclic amines) is 1. The topological polar surface area (TPSA) is 74.7 Å². The predicted octanol–water partition coefficient (Wildman–Crippen LogP) is 6.55. The van der Waals surface area contributed by atoms with Gasteiger partial charge >= 0.3 is 5.97 Å². The third-order valence-corrected chi connectivity index (χ3v) is 8.99. The van der Waals surface area contributed by atoms with Gasteiger partial charge in [-0.2, -0.15) is 0 Å². The van der Waals surface area contributed by atoms with Crippen molar-refractivity contribution in [3.05, 3.63) is 99.2 Å². The number of ketones is 1. The van der Waals surface area contributed by atoms with Crippen LogP contribution in [0, 0.1) is 11.8 Å². The number of carbonyl (C=O) groups excluding carboxylic acids is 2. The molecule has 0 radical (unpaired) electrons. The summed E-state index contributed by atoms with van der Waals surface area (Å²) in [5, 5.41) is 13.0. The second-order valence-electron chi connectivity index (χ2n) is 9.94. The minimum Gasteiger partial charge on any atom is -0.479 e. The average molecular weight is 534 g/mol. The fourth-order valence-corrected chi connectivity index (χ4v) is 6.86. The quantitative estimate of drug-likeness (QED) is 0.349.